The van der Waals surface area contributed by atoms with E-state index in [9.17, 15) is 14.7 Å². The van der Waals surface area contributed by atoms with E-state index in [1.54, 1.807) is 0 Å². The molecule has 0 radical (unpaired) electrons. The minimum Gasteiger partial charge on any atom is -0.477 e. The van der Waals surface area contributed by atoms with E-state index in [0.717, 1.165) is 16.7 Å². The number of amides is 1. The Labute approximate surface area is 156 Å². The molecule has 0 aliphatic carbocycles. The lowest BCUT2D eigenvalue weighted by atomic mass is 10.1. The lowest BCUT2D eigenvalue weighted by molar-refractivity contribution is 0.0698. The standard InChI is InChI=1S/C20H19N3O4/c1-13-8-14(2)10-16(9-13)23-18(17(11-21-23)19(24)25)22-20(26)27-12-15-6-4-3-5-7-15/h3-11H,12H2,1-2H3,(H,22,26)(H,24,25). The van der Waals surface area contributed by atoms with Gasteiger partial charge in [0.05, 0.1) is 11.9 Å². The fourth-order valence-corrected chi connectivity index (χ4v) is 2.75. The number of nitrogens with one attached hydrogen (secondary N) is 1. The molecule has 0 bridgehead atoms. The molecule has 138 valence electrons. The van der Waals surface area contributed by atoms with Crippen molar-refractivity contribution in [1.29, 1.82) is 0 Å². The van der Waals surface area contributed by atoms with E-state index in [-0.39, 0.29) is 18.0 Å². The van der Waals surface area contributed by atoms with Crippen molar-refractivity contribution >= 4 is 17.9 Å². The molecule has 0 aliphatic heterocycles. The number of carbonyl (C=O) groups excluding carboxylic acids is 1. The van der Waals surface area contributed by atoms with Crippen LogP contribution in [0.4, 0.5) is 10.6 Å². The van der Waals surface area contributed by atoms with Crippen molar-refractivity contribution in [3.05, 3.63) is 77.0 Å². The van der Waals surface area contributed by atoms with Gasteiger partial charge in [0.1, 0.15) is 12.2 Å². The van der Waals surface area contributed by atoms with Crippen LogP contribution in [-0.2, 0) is 11.3 Å². The van der Waals surface area contributed by atoms with Crippen LogP contribution in [0.3, 0.4) is 0 Å². The third-order valence-corrected chi connectivity index (χ3v) is 3.88. The Morgan fingerprint density at radius 1 is 1.11 bits per heavy atom. The smallest absolute Gasteiger partial charge is 0.413 e. The topological polar surface area (TPSA) is 93.5 Å². The van der Waals surface area contributed by atoms with E-state index in [0.29, 0.717) is 5.69 Å². The molecule has 0 atom stereocenters. The summed E-state index contributed by atoms with van der Waals surface area (Å²) in [6.07, 6.45) is 0.444. The van der Waals surface area contributed by atoms with Crippen LogP contribution in [0.2, 0.25) is 0 Å². The van der Waals surface area contributed by atoms with Gasteiger partial charge in [-0.3, -0.25) is 5.32 Å². The summed E-state index contributed by atoms with van der Waals surface area (Å²) in [7, 11) is 0. The van der Waals surface area contributed by atoms with E-state index in [1.807, 2.05) is 62.4 Å². The molecule has 1 heterocycles. The van der Waals surface area contributed by atoms with Crippen LogP contribution < -0.4 is 5.32 Å². The van der Waals surface area contributed by atoms with E-state index in [4.69, 9.17) is 4.74 Å². The molecule has 2 aromatic carbocycles. The van der Waals surface area contributed by atoms with Gasteiger partial charge in [-0.2, -0.15) is 5.10 Å². The van der Waals surface area contributed by atoms with E-state index >= 15 is 0 Å². The molecule has 1 aromatic heterocycles. The minimum atomic E-state index is -1.19. The van der Waals surface area contributed by atoms with Gasteiger partial charge in [0.15, 0.2) is 5.82 Å². The van der Waals surface area contributed by atoms with E-state index in [2.05, 4.69) is 10.4 Å². The fourth-order valence-electron chi connectivity index (χ4n) is 2.75. The highest BCUT2D eigenvalue weighted by Gasteiger charge is 2.20. The molecule has 0 saturated carbocycles. The Hall–Kier alpha value is -3.61. The zero-order valence-corrected chi connectivity index (χ0v) is 15.0. The normalized spacial score (nSPS) is 10.4. The molecule has 3 aromatic rings. The monoisotopic (exact) mass is 365 g/mol. The number of rotatable bonds is 5. The van der Waals surface area contributed by atoms with Crippen molar-refractivity contribution < 1.29 is 19.4 Å². The molecule has 7 heteroatoms. The number of hydrogen-bond donors (Lipinski definition) is 2. The molecule has 1 amide bonds. The molecule has 0 fully saturated rings. The van der Waals surface area contributed by atoms with Crippen molar-refractivity contribution in [3.63, 3.8) is 0 Å². The van der Waals surface area contributed by atoms with E-state index < -0.39 is 12.1 Å². The van der Waals surface area contributed by atoms with Gasteiger partial charge in [0.2, 0.25) is 0 Å². The highest BCUT2D eigenvalue weighted by molar-refractivity contribution is 5.97. The number of ether oxygens (including phenoxy) is 1. The molecule has 0 saturated heterocycles. The summed E-state index contributed by atoms with van der Waals surface area (Å²) in [5.41, 5.74) is 3.35. The number of carboxylic acid groups (broad SMARTS) is 1. The maximum absolute atomic E-state index is 12.2. The summed E-state index contributed by atoms with van der Waals surface area (Å²) < 4.78 is 6.57. The second kappa shape index (κ2) is 7.74. The number of carboxylic acids is 1. The first kappa shape index (κ1) is 18.2. The van der Waals surface area contributed by atoms with Crippen molar-refractivity contribution in [2.45, 2.75) is 20.5 Å². The SMILES string of the molecule is Cc1cc(C)cc(-n2ncc(C(=O)O)c2NC(=O)OCc2ccccc2)c1. The van der Waals surface area contributed by atoms with Crippen LogP contribution in [0.1, 0.15) is 27.0 Å². The van der Waals surface area contributed by atoms with Crippen molar-refractivity contribution in [3.8, 4) is 5.69 Å². The highest BCUT2D eigenvalue weighted by Crippen LogP contribution is 2.22. The van der Waals surface area contributed by atoms with Crippen LogP contribution in [0.15, 0.2) is 54.7 Å². The van der Waals surface area contributed by atoms with Gasteiger partial charge in [-0.05, 0) is 42.7 Å². The van der Waals surface area contributed by atoms with Crippen LogP contribution in [0.25, 0.3) is 5.69 Å². The molecule has 0 spiro atoms. The van der Waals surface area contributed by atoms with Gasteiger partial charge in [0, 0.05) is 0 Å². The zero-order chi connectivity index (χ0) is 19.4. The molecule has 7 nitrogen and oxygen atoms in total. The van der Waals surface area contributed by atoms with Crippen molar-refractivity contribution in [1.82, 2.24) is 9.78 Å². The number of carbonyl (C=O) groups is 2. The van der Waals surface area contributed by atoms with Gasteiger partial charge >= 0.3 is 12.1 Å². The molecule has 0 aliphatic rings. The second-order valence-electron chi connectivity index (χ2n) is 6.16. The van der Waals surface area contributed by atoms with Crippen molar-refractivity contribution in [2.75, 3.05) is 5.32 Å². The number of hydrogen-bond acceptors (Lipinski definition) is 4. The first-order chi connectivity index (χ1) is 12.9. The van der Waals surface area contributed by atoms with Crippen molar-refractivity contribution in [2.24, 2.45) is 0 Å². The van der Waals surface area contributed by atoms with Crippen LogP contribution in [0, 0.1) is 13.8 Å². The number of nitrogens with zero attached hydrogens (tertiary/aromatic N) is 2. The number of aromatic nitrogens is 2. The van der Waals surface area contributed by atoms with Gasteiger partial charge in [-0.15, -0.1) is 0 Å². The Kier molecular flexibility index (Phi) is 5.21. The average Bonchev–Trinajstić information content (AvgIpc) is 3.04. The molecule has 2 N–H and O–H groups in total. The molecular formula is C20H19N3O4. The number of anilines is 1. The van der Waals surface area contributed by atoms with E-state index in [1.165, 1.54) is 10.9 Å². The Balaban J connectivity index is 1.85. The van der Waals surface area contributed by atoms with Gasteiger partial charge < -0.3 is 9.84 Å². The van der Waals surface area contributed by atoms with Gasteiger partial charge in [-0.25, -0.2) is 14.3 Å². The first-order valence-corrected chi connectivity index (χ1v) is 8.32. The van der Waals surface area contributed by atoms with Crippen LogP contribution in [0.5, 0.6) is 0 Å². The van der Waals surface area contributed by atoms with Gasteiger partial charge in [0.25, 0.3) is 0 Å². The first-order valence-electron chi connectivity index (χ1n) is 8.32. The lowest BCUT2D eigenvalue weighted by Gasteiger charge is -2.12. The third kappa shape index (κ3) is 4.33. The number of aromatic carboxylic acids is 1. The zero-order valence-electron chi connectivity index (χ0n) is 15.0. The Morgan fingerprint density at radius 2 is 1.78 bits per heavy atom. The quantitative estimate of drug-likeness (QED) is 0.714. The fraction of sp³-hybridized carbons (Fsp3) is 0.150. The summed E-state index contributed by atoms with van der Waals surface area (Å²) in [6, 6.07) is 14.9. The summed E-state index contributed by atoms with van der Waals surface area (Å²) >= 11 is 0. The van der Waals surface area contributed by atoms with Crippen LogP contribution in [-0.4, -0.2) is 26.9 Å². The number of aryl methyl sites for hydroxylation is 2. The predicted octanol–water partition coefficient (Wildman–Crippen LogP) is 3.94. The summed E-state index contributed by atoms with van der Waals surface area (Å²) in [5, 5.41) is 16.0. The van der Waals surface area contributed by atoms with Crippen LogP contribution >= 0.6 is 0 Å². The summed E-state index contributed by atoms with van der Waals surface area (Å²) in [6.45, 7) is 3.94. The molecular weight excluding hydrogens is 346 g/mol. The largest absolute Gasteiger partial charge is 0.477 e. The minimum absolute atomic E-state index is 0.0468. The predicted molar refractivity (Wildman–Crippen MR) is 100 cm³/mol. The summed E-state index contributed by atoms with van der Waals surface area (Å²) in [4.78, 5) is 23.7. The number of benzene rings is 2. The van der Waals surface area contributed by atoms with Gasteiger partial charge in [-0.1, -0.05) is 36.4 Å². The lowest BCUT2D eigenvalue weighted by Crippen LogP contribution is -2.18. The third-order valence-electron chi connectivity index (χ3n) is 3.88. The maximum atomic E-state index is 12.2. The summed E-state index contributed by atoms with van der Waals surface area (Å²) in [5.74, 6) is -1.14. The maximum Gasteiger partial charge on any atom is 0.413 e. The Morgan fingerprint density at radius 3 is 2.41 bits per heavy atom. The second-order valence-corrected chi connectivity index (χ2v) is 6.16. The molecule has 3 rings (SSSR count). The Bertz CT molecular complexity index is 960. The molecule has 27 heavy (non-hydrogen) atoms. The molecule has 0 unspecified atom stereocenters. The average molecular weight is 365 g/mol. The highest BCUT2D eigenvalue weighted by atomic mass is 16.5.